The maximum atomic E-state index is 10.7. The lowest BCUT2D eigenvalue weighted by Crippen LogP contribution is -2.37. The number of nitrogens with zero attached hydrogens (tertiary/aromatic N) is 3. The van der Waals surface area contributed by atoms with Crippen molar-refractivity contribution >= 4 is 34.0 Å². The Hall–Kier alpha value is -1.55. The van der Waals surface area contributed by atoms with Gasteiger partial charge in [0, 0.05) is 16.5 Å². The maximum Gasteiger partial charge on any atom is 0.164 e. The third-order valence-electron chi connectivity index (χ3n) is 5.30. The monoisotopic (exact) mass is 407 g/mol. The van der Waals surface area contributed by atoms with Gasteiger partial charge in [0.1, 0.15) is 36.4 Å². The van der Waals surface area contributed by atoms with E-state index in [2.05, 4.69) is 9.97 Å². The van der Waals surface area contributed by atoms with Crippen molar-refractivity contribution < 1.29 is 19.7 Å². The summed E-state index contributed by atoms with van der Waals surface area (Å²) in [7, 11) is 0. The highest BCUT2D eigenvalue weighted by Gasteiger charge is 2.49. The van der Waals surface area contributed by atoms with Crippen LogP contribution in [0.3, 0.4) is 0 Å². The van der Waals surface area contributed by atoms with Crippen LogP contribution in [0.25, 0.3) is 11.0 Å². The van der Waals surface area contributed by atoms with Crippen molar-refractivity contribution in [1.82, 2.24) is 14.5 Å². The summed E-state index contributed by atoms with van der Waals surface area (Å²) in [6.45, 7) is 2.42. The van der Waals surface area contributed by atoms with E-state index in [1.165, 1.54) is 17.7 Å². The van der Waals surface area contributed by atoms with E-state index in [1.807, 2.05) is 19.1 Å². The molecule has 142 valence electrons. The SMILES string of the molecule is Cc1ncnc2c1ccn2C1O[C@H]([C@@H]2OCCc3cc(Cl)sc32)[C@@H](O)[C@H]1O. The van der Waals surface area contributed by atoms with Crippen molar-refractivity contribution in [3.05, 3.63) is 45.1 Å². The molecule has 7 nitrogen and oxygen atoms in total. The topological polar surface area (TPSA) is 89.6 Å². The van der Waals surface area contributed by atoms with Crippen molar-refractivity contribution in [1.29, 1.82) is 0 Å². The first kappa shape index (κ1) is 17.5. The van der Waals surface area contributed by atoms with Crippen LogP contribution in [0.2, 0.25) is 4.34 Å². The van der Waals surface area contributed by atoms with E-state index in [-0.39, 0.29) is 0 Å². The Kier molecular flexibility index (Phi) is 4.23. The first-order valence-corrected chi connectivity index (χ1v) is 9.93. The van der Waals surface area contributed by atoms with Gasteiger partial charge in [-0.3, -0.25) is 0 Å². The molecule has 0 bridgehead atoms. The van der Waals surface area contributed by atoms with Crippen LogP contribution in [0.15, 0.2) is 24.7 Å². The number of hydrogen-bond acceptors (Lipinski definition) is 7. The number of halogens is 1. The molecule has 2 N–H and O–H groups in total. The molecule has 27 heavy (non-hydrogen) atoms. The zero-order chi connectivity index (χ0) is 18.7. The molecule has 5 heterocycles. The van der Waals surface area contributed by atoms with E-state index < -0.39 is 30.6 Å². The summed E-state index contributed by atoms with van der Waals surface area (Å²) in [6, 6.07) is 3.82. The van der Waals surface area contributed by atoms with Gasteiger partial charge in [-0.05, 0) is 31.0 Å². The minimum atomic E-state index is -1.11. The standard InChI is InChI=1S/C18H18ClN3O4S/c1-8-10-2-4-22(17(10)21-7-20-8)18-13(24)12(23)14(26-18)15-16-9(3-5-25-15)6-11(19)27-16/h2,4,6-7,12-15,18,23-24H,3,5H2,1H3/t12-,13+,14-,15-,18?/m0/s1. The van der Waals surface area contributed by atoms with E-state index in [4.69, 9.17) is 21.1 Å². The normalized spacial score (nSPS) is 30.7. The summed E-state index contributed by atoms with van der Waals surface area (Å²) in [5.41, 5.74) is 2.62. The highest BCUT2D eigenvalue weighted by Crippen LogP contribution is 2.44. The molecule has 1 unspecified atom stereocenters. The molecule has 0 amide bonds. The smallest absolute Gasteiger partial charge is 0.164 e. The molecular formula is C18H18ClN3O4S. The van der Waals surface area contributed by atoms with Crippen LogP contribution in [0, 0.1) is 6.92 Å². The predicted octanol–water partition coefficient (Wildman–Crippen LogP) is 2.39. The number of aliphatic hydroxyl groups is 2. The third kappa shape index (κ3) is 2.71. The molecule has 0 saturated carbocycles. The van der Waals surface area contributed by atoms with Gasteiger partial charge < -0.3 is 24.3 Å². The zero-order valence-corrected chi connectivity index (χ0v) is 16.0. The molecular weight excluding hydrogens is 390 g/mol. The van der Waals surface area contributed by atoms with Gasteiger partial charge in [0.25, 0.3) is 0 Å². The number of aromatic nitrogens is 3. The molecule has 3 aromatic rings. The van der Waals surface area contributed by atoms with Gasteiger partial charge in [-0.15, -0.1) is 11.3 Å². The van der Waals surface area contributed by atoms with Crippen LogP contribution < -0.4 is 0 Å². The minimum Gasteiger partial charge on any atom is -0.387 e. The first-order chi connectivity index (χ1) is 13.0. The summed E-state index contributed by atoms with van der Waals surface area (Å²) in [5.74, 6) is 0. The van der Waals surface area contributed by atoms with Gasteiger partial charge in [0.05, 0.1) is 16.6 Å². The van der Waals surface area contributed by atoms with Gasteiger partial charge in [0.15, 0.2) is 6.23 Å². The molecule has 0 radical (unpaired) electrons. The maximum absolute atomic E-state index is 10.7. The lowest BCUT2D eigenvalue weighted by molar-refractivity contribution is -0.112. The van der Waals surface area contributed by atoms with Crippen LogP contribution in [0.4, 0.5) is 0 Å². The quantitative estimate of drug-likeness (QED) is 0.678. The van der Waals surface area contributed by atoms with Crippen molar-refractivity contribution in [2.75, 3.05) is 6.61 Å². The first-order valence-electron chi connectivity index (χ1n) is 8.74. The Morgan fingerprint density at radius 3 is 3.00 bits per heavy atom. The van der Waals surface area contributed by atoms with E-state index in [0.717, 1.165) is 27.9 Å². The largest absolute Gasteiger partial charge is 0.387 e. The molecule has 1 saturated heterocycles. The number of thiophene rings is 1. The fourth-order valence-corrected chi connectivity index (χ4v) is 5.33. The van der Waals surface area contributed by atoms with Crippen LogP contribution in [0.1, 0.15) is 28.5 Å². The summed E-state index contributed by atoms with van der Waals surface area (Å²) in [6.07, 6.45) is -0.0580. The van der Waals surface area contributed by atoms with Gasteiger partial charge in [-0.25, -0.2) is 9.97 Å². The molecule has 0 spiro atoms. The number of fused-ring (bicyclic) bond motifs is 2. The number of aliphatic hydroxyl groups excluding tert-OH is 2. The molecule has 1 fully saturated rings. The summed E-state index contributed by atoms with van der Waals surface area (Å²) in [4.78, 5) is 9.46. The third-order valence-corrected chi connectivity index (χ3v) is 6.66. The molecule has 3 aromatic heterocycles. The predicted molar refractivity (Wildman–Crippen MR) is 99.9 cm³/mol. The van der Waals surface area contributed by atoms with Crippen LogP contribution >= 0.6 is 22.9 Å². The van der Waals surface area contributed by atoms with E-state index in [0.29, 0.717) is 16.6 Å². The number of hydrogen-bond donors (Lipinski definition) is 2. The molecule has 0 aromatic carbocycles. The molecule has 9 heteroatoms. The van der Waals surface area contributed by atoms with Crippen molar-refractivity contribution in [3.63, 3.8) is 0 Å². The van der Waals surface area contributed by atoms with Crippen LogP contribution in [-0.4, -0.2) is 49.7 Å². The zero-order valence-electron chi connectivity index (χ0n) is 14.4. The highest BCUT2D eigenvalue weighted by atomic mass is 35.5. The number of aryl methyl sites for hydroxylation is 1. The Balaban J connectivity index is 1.50. The lowest BCUT2D eigenvalue weighted by atomic mass is 9.99. The minimum absolute atomic E-state index is 0.459. The summed E-state index contributed by atoms with van der Waals surface area (Å²) >= 11 is 7.60. The van der Waals surface area contributed by atoms with Gasteiger partial charge in [0.2, 0.25) is 0 Å². The number of rotatable bonds is 2. The van der Waals surface area contributed by atoms with Crippen molar-refractivity contribution in [2.24, 2.45) is 0 Å². The fourth-order valence-electron chi connectivity index (χ4n) is 3.93. The Morgan fingerprint density at radius 1 is 1.30 bits per heavy atom. The fraction of sp³-hybridized carbons (Fsp3) is 0.444. The molecule has 0 aliphatic carbocycles. The highest BCUT2D eigenvalue weighted by molar-refractivity contribution is 7.16. The van der Waals surface area contributed by atoms with Crippen molar-refractivity contribution in [3.8, 4) is 0 Å². The second kappa shape index (κ2) is 6.51. The Labute approximate surface area is 164 Å². The van der Waals surface area contributed by atoms with E-state index >= 15 is 0 Å². The molecule has 5 rings (SSSR count). The molecule has 5 atom stereocenters. The second-order valence-corrected chi connectivity index (χ2v) is 8.59. The number of ether oxygens (including phenoxy) is 2. The van der Waals surface area contributed by atoms with Crippen molar-refractivity contribution in [2.45, 2.75) is 44.0 Å². The second-order valence-electron chi connectivity index (χ2n) is 6.87. The van der Waals surface area contributed by atoms with Crippen LogP contribution in [0.5, 0.6) is 0 Å². The van der Waals surface area contributed by atoms with Gasteiger partial charge in [-0.2, -0.15) is 0 Å². The average molecular weight is 408 g/mol. The molecule has 2 aliphatic rings. The van der Waals surface area contributed by atoms with E-state index in [1.54, 1.807) is 10.8 Å². The molecule has 2 aliphatic heterocycles. The lowest BCUT2D eigenvalue weighted by Gasteiger charge is -2.29. The van der Waals surface area contributed by atoms with Crippen LogP contribution in [-0.2, 0) is 15.9 Å². The van der Waals surface area contributed by atoms with E-state index in [9.17, 15) is 10.2 Å². The van der Waals surface area contributed by atoms with Gasteiger partial charge in [-0.1, -0.05) is 11.6 Å². The average Bonchev–Trinajstić information content (AvgIpc) is 3.32. The summed E-state index contributed by atoms with van der Waals surface area (Å²) in [5, 5.41) is 22.3. The Bertz CT molecular complexity index is 1010. The van der Waals surface area contributed by atoms with Gasteiger partial charge >= 0.3 is 0 Å². The Morgan fingerprint density at radius 2 is 2.15 bits per heavy atom. The summed E-state index contributed by atoms with van der Waals surface area (Å²) < 4.78 is 14.5.